The van der Waals surface area contributed by atoms with E-state index in [1.165, 1.54) is 0 Å². The van der Waals surface area contributed by atoms with Crippen molar-refractivity contribution in [1.29, 1.82) is 0 Å². The summed E-state index contributed by atoms with van der Waals surface area (Å²) in [5.74, 6) is 2.11. The number of carbonyl (C=O) groups excluding carboxylic acids is 1. The van der Waals surface area contributed by atoms with E-state index in [1.54, 1.807) is 16.7 Å². The second kappa shape index (κ2) is 8.17. The van der Waals surface area contributed by atoms with Crippen molar-refractivity contribution in [2.24, 2.45) is 0 Å². The zero-order valence-corrected chi connectivity index (χ0v) is 16.4. The summed E-state index contributed by atoms with van der Waals surface area (Å²) >= 11 is 0. The zero-order valence-electron chi connectivity index (χ0n) is 16.4. The summed E-state index contributed by atoms with van der Waals surface area (Å²) < 4.78 is 6.99. The van der Waals surface area contributed by atoms with E-state index in [0.29, 0.717) is 43.4 Å². The van der Waals surface area contributed by atoms with E-state index in [1.807, 2.05) is 55.6 Å². The SMILES string of the molecule is COc1ccccc1NC(=O)N1CCN(c2ccc(-n3ccc(C)n3)nn2)CC1. The number of para-hydroxylation sites is 2. The first kappa shape index (κ1) is 18.7. The van der Waals surface area contributed by atoms with Crippen LogP contribution in [0.25, 0.3) is 5.82 Å². The summed E-state index contributed by atoms with van der Waals surface area (Å²) in [7, 11) is 1.59. The Hall–Kier alpha value is -3.62. The Morgan fingerprint density at radius 2 is 1.72 bits per heavy atom. The molecule has 0 unspecified atom stereocenters. The predicted molar refractivity (Wildman–Crippen MR) is 110 cm³/mol. The van der Waals surface area contributed by atoms with Gasteiger partial charge in [-0.15, -0.1) is 10.2 Å². The van der Waals surface area contributed by atoms with Crippen LogP contribution in [0, 0.1) is 6.92 Å². The molecule has 1 aliphatic rings. The maximum absolute atomic E-state index is 12.6. The van der Waals surface area contributed by atoms with Crippen LogP contribution in [-0.2, 0) is 0 Å². The summed E-state index contributed by atoms with van der Waals surface area (Å²) in [6.45, 7) is 4.51. The molecule has 1 fully saturated rings. The average molecular weight is 393 g/mol. The van der Waals surface area contributed by atoms with Crippen LogP contribution in [0.3, 0.4) is 0 Å². The highest BCUT2D eigenvalue weighted by atomic mass is 16.5. The number of urea groups is 1. The van der Waals surface area contributed by atoms with Gasteiger partial charge in [0.2, 0.25) is 0 Å². The average Bonchev–Trinajstić information content (AvgIpc) is 3.20. The van der Waals surface area contributed by atoms with Crippen molar-refractivity contribution in [1.82, 2.24) is 24.9 Å². The van der Waals surface area contributed by atoms with Crippen LogP contribution in [0.15, 0.2) is 48.7 Å². The minimum absolute atomic E-state index is 0.135. The molecule has 9 nitrogen and oxygen atoms in total. The van der Waals surface area contributed by atoms with Crippen molar-refractivity contribution >= 4 is 17.5 Å². The number of aromatic nitrogens is 4. The molecule has 0 saturated carbocycles. The number of nitrogens with one attached hydrogen (secondary N) is 1. The molecule has 1 aromatic carbocycles. The third-order valence-electron chi connectivity index (χ3n) is 4.83. The minimum Gasteiger partial charge on any atom is -0.495 e. The lowest BCUT2D eigenvalue weighted by Crippen LogP contribution is -2.50. The molecule has 2 amide bonds. The zero-order chi connectivity index (χ0) is 20.2. The molecule has 4 rings (SSSR count). The van der Waals surface area contributed by atoms with Crippen LogP contribution in [-0.4, -0.2) is 64.2 Å². The highest BCUT2D eigenvalue weighted by Gasteiger charge is 2.23. The van der Waals surface area contributed by atoms with Gasteiger partial charge >= 0.3 is 6.03 Å². The first-order chi connectivity index (χ1) is 14.1. The number of ether oxygens (including phenoxy) is 1. The number of nitrogens with zero attached hydrogens (tertiary/aromatic N) is 6. The number of piperazine rings is 1. The molecule has 1 saturated heterocycles. The summed E-state index contributed by atoms with van der Waals surface area (Å²) in [5, 5.41) is 15.9. The van der Waals surface area contributed by atoms with Crippen LogP contribution in [0.1, 0.15) is 5.69 Å². The van der Waals surface area contributed by atoms with Crippen molar-refractivity contribution in [2.45, 2.75) is 6.92 Å². The monoisotopic (exact) mass is 393 g/mol. The van der Waals surface area contributed by atoms with Gasteiger partial charge in [-0.1, -0.05) is 12.1 Å². The predicted octanol–water partition coefficient (Wildman–Crippen LogP) is 2.33. The molecule has 3 heterocycles. The van der Waals surface area contributed by atoms with E-state index in [0.717, 1.165) is 11.5 Å². The maximum atomic E-state index is 12.6. The number of anilines is 2. The minimum atomic E-state index is -0.135. The molecule has 3 aromatic rings. The Bertz CT molecular complexity index is 979. The smallest absolute Gasteiger partial charge is 0.322 e. The van der Waals surface area contributed by atoms with Crippen molar-refractivity contribution in [3.05, 3.63) is 54.4 Å². The molecule has 0 spiro atoms. The molecule has 150 valence electrons. The van der Waals surface area contributed by atoms with Gasteiger partial charge in [-0.3, -0.25) is 0 Å². The van der Waals surface area contributed by atoms with E-state index in [4.69, 9.17) is 4.74 Å². The summed E-state index contributed by atoms with van der Waals surface area (Å²) in [5.41, 5.74) is 1.59. The molecule has 1 N–H and O–H groups in total. The molecular weight excluding hydrogens is 370 g/mol. The Morgan fingerprint density at radius 1 is 1.00 bits per heavy atom. The number of amides is 2. The van der Waals surface area contributed by atoms with Gasteiger partial charge in [-0.05, 0) is 37.3 Å². The van der Waals surface area contributed by atoms with Crippen LogP contribution in [0.5, 0.6) is 5.75 Å². The van der Waals surface area contributed by atoms with Crippen LogP contribution in [0.4, 0.5) is 16.3 Å². The second-order valence-corrected chi connectivity index (χ2v) is 6.76. The Kier molecular flexibility index (Phi) is 5.28. The number of rotatable bonds is 4. The fourth-order valence-electron chi connectivity index (χ4n) is 3.23. The molecule has 0 atom stereocenters. The van der Waals surface area contributed by atoms with Crippen LogP contribution < -0.4 is 15.0 Å². The second-order valence-electron chi connectivity index (χ2n) is 6.76. The number of hydrogen-bond acceptors (Lipinski definition) is 6. The van der Waals surface area contributed by atoms with E-state index in [9.17, 15) is 4.79 Å². The lowest BCUT2D eigenvalue weighted by atomic mass is 10.3. The van der Waals surface area contributed by atoms with Gasteiger partial charge in [0.15, 0.2) is 11.6 Å². The topological polar surface area (TPSA) is 88.4 Å². The molecular formula is C20H23N7O2. The largest absolute Gasteiger partial charge is 0.495 e. The van der Waals surface area contributed by atoms with Gasteiger partial charge in [0.05, 0.1) is 18.5 Å². The lowest BCUT2D eigenvalue weighted by Gasteiger charge is -2.35. The third-order valence-corrected chi connectivity index (χ3v) is 4.83. The van der Waals surface area contributed by atoms with Crippen molar-refractivity contribution < 1.29 is 9.53 Å². The fourth-order valence-corrected chi connectivity index (χ4v) is 3.23. The van der Waals surface area contributed by atoms with E-state index in [-0.39, 0.29) is 6.03 Å². The first-order valence-corrected chi connectivity index (χ1v) is 9.44. The molecule has 0 bridgehead atoms. The molecule has 1 aliphatic heterocycles. The Labute approximate surface area is 168 Å². The maximum Gasteiger partial charge on any atom is 0.322 e. The van der Waals surface area contributed by atoms with Crippen molar-refractivity contribution in [2.75, 3.05) is 43.5 Å². The van der Waals surface area contributed by atoms with Gasteiger partial charge in [0.1, 0.15) is 5.75 Å². The van der Waals surface area contributed by atoms with Gasteiger partial charge in [0.25, 0.3) is 0 Å². The summed E-state index contributed by atoms with van der Waals surface area (Å²) in [4.78, 5) is 16.5. The summed E-state index contributed by atoms with van der Waals surface area (Å²) in [6, 6.07) is 13.0. The molecule has 9 heteroatoms. The molecule has 0 aliphatic carbocycles. The number of methoxy groups -OCH3 is 1. The number of benzene rings is 1. The Morgan fingerprint density at radius 3 is 2.38 bits per heavy atom. The standard InChI is InChI=1S/C20H23N7O2/c1-15-9-10-27(24-15)19-8-7-18(22-23-19)25-11-13-26(14-12-25)20(28)21-16-5-3-4-6-17(16)29-2/h3-10H,11-14H2,1-2H3,(H,21,28). The van der Waals surface area contributed by atoms with E-state index < -0.39 is 0 Å². The number of hydrogen-bond donors (Lipinski definition) is 1. The van der Waals surface area contributed by atoms with E-state index >= 15 is 0 Å². The van der Waals surface area contributed by atoms with Crippen LogP contribution in [0.2, 0.25) is 0 Å². The van der Waals surface area contributed by atoms with Crippen molar-refractivity contribution in [3.63, 3.8) is 0 Å². The van der Waals surface area contributed by atoms with Gasteiger partial charge < -0.3 is 19.9 Å². The van der Waals surface area contributed by atoms with Crippen molar-refractivity contribution in [3.8, 4) is 11.6 Å². The highest BCUT2D eigenvalue weighted by Crippen LogP contribution is 2.23. The summed E-state index contributed by atoms with van der Waals surface area (Å²) in [6.07, 6.45) is 1.86. The van der Waals surface area contributed by atoms with Crippen LogP contribution >= 0.6 is 0 Å². The van der Waals surface area contributed by atoms with Gasteiger partial charge in [0, 0.05) is 32.4 Å². The first-order valence-electron chi connectivity index (χ1n) is 9.44. The molecule has 29 heavy (non-hydrogen) atoms. The fraction of sp³-hybridized carbons (Fsp3) is 0.300. The third kappa shape index (κ3) is 4.13. The van der Waals surface area contributed by atoms with E-state index in [2.05, 4.69) is 25.5 Å². The lowest BCUT2D eigenvalue weighted by molar-refractivity contribution is 0.208. The molecule has 2 aromatic heterocycles. The number of aryl methyl sites for hydroxylation is 1. The number of carbonyl (C=O) groups is 1. The normalized spacial score (nSPS) is 14.0. The Balaban J connectivity index is 1.35. The highest BCUT2D eigenvalue weighted by molar-refractivity contribution is 5.91. The van der Waals surface area contributed by atoms with Gasteiger partial charge in [-0.25, -0.2) is 9.48 Å². The molecule has 0 radical (unpaired) electrons. The quantitative estimate of drug-likeness (QED) is 0.732. The van der Waals surface area contributed by atoms with Gasteiger partial charge in [-0.2, -0.15) is 5.10 Å².